The number of hydrogen-bond donors (Lipinski definition) is 0. The van der Waals surface area contributed by atoms with Crippen LogP contribution in [0.5, 0.6) is 0 Å². The molecule has 0 saturated heterocycles. The molecule has 0 aliphatic carbocycles. The molecule has 72 valence electrons. The van der Waals surface area contributed by atoms with Crippen LogP contribution in [0.2, 0.25) is 0 Å². The molecule has 0 fully saturated rings. The van der Waals surface area contributed by atoms with Gasteiger partial charge in [-0.25, -0.2) is 0 Å². The predicted octanol–water partition coefficient (Wildman–Crippen LogP) is 2.14. The molecule has 2 rings (SSSR count). The van der Waals surface area contributed by atoms with Crippen molar-refractivity contribution in [3.05, 3.63) is 24.0 Å². The van der Waals surface area contributed by atoms with Gasteiger partial charge >= 0.3 is 0 Å². The number of fused-ring (bicyclic) bond motifs is 1. The first-order valence-electron chi connectivity index (χ1n) is 4.87. The normalized spacial score (nSPS) is 22.2. The third kappa shape index (κ3) is 1.58. The summed E-state index contributed by atoms with van der Waals surface area (Å²) >= 11 is 0. The van der Waals surface area contributed by atoms with Gasteiger partial charge in [-0.1, -0.05) is 20.8 Å². The third-order valence-corrected chi connectivity index (χ3v) is 2.89. The third-order valence-electron chi connectivity index (χ3n) is 2.89. The topological polar surface area (TPSA) is 14.2 Å². The van der Waals surface area contributed by atoms with Gasteiger partial charge in [0.2, 0.25) is 0 Å². The number of nitrogens with zero attached hydrogens (tertiary/aromatic N) is 1. The SMILES string of the molecule is CC(C)(C)C1COn2cccc2C1. The van der Waals surface area contributed by atoms with Crippen LogP contribution in [0.3, 0.4) is 0 Å². The molecule has 1 atom stereocenters. The van der Waals surface area contributed by atoms with Crippen LogP contribution in [-0.4, -0.2) is 11.3 Å². The maximum atomic E-state index is 5.62. The van der Waals surface area contributed by atoms with Crippen molar-refractivity contribution in [2.24, 2.45) is 11.3 Å². The van der Waals surface area contributed by atoms with Gasteiger partial charge in [-0.15, -0.1) is 0 Å². The minimum atomic E-state index is 0.343. The van der Waals surface area contributed by atoms with E-state index in [0.717, 1.165) is 13.0 Å². The van der Waals surface area contributed by atoms with Crippen LogP contribution in [0.15, 0.2) is 18.3 Å². The quantitative estimate of drug-likeness (QED) is 0.595. The first-order valence-corrected chi connectivity index (χ1v) is 4.87. The average molecular weight is 179 g/mol. The molecular weight excluding hydrogens is 162 g/mol. The fraction of sp³-hybridized carbons (Fsp3) is 0.636. The van der Waals surface area contributed by atoms with E-state index in [1.807, 2.05) is 17.0 Å². The Morgan fingerprint density at radius 1 is 1.46 bits per heavy atom. The second-order valence-electron chi connectivity index (χ2n) is 4.89. The van der Waals surface area contributed by atoms with Crippen LogP contribution in [0.4, 0.5) is 0 Å². The molecule has 1 aromatic heterocycles. The molecule has 2 nitrogen and oxygen atoms in total. The van der Waals surface area contributed by atoms with E-state index in [-0.39, 0.29) is 0 Å². The van der Waals surface area contributed by atoms with Gasteiger partial charge in [0.15, 0.2) is 0 Å². The van der Waals surface area contributed by atoms with Crippen LogP contribution in [0.1, 0.15) is 26.5 Å². The van der Waals surface area contributed by atoms with Gasteiger partial charge in [-0.3, -0.25) is 0 Å². The Labute approximate surface area is 79.5 Å². The highest BCUT2D eigenvalue weighted by atomic mass is 16.7. The maximum absolute atomic E-state index is 5.62. The maximum Gasteiger partial charge on any atom is 0.118 e. The summed E-state index contributed by atoms with van der Waals surface area (Å²) < 4.78 is 1.89. The Balaban J connectivity index is 2.18. The first kappa shape index (κ1) is 8.67. The van der Waals surface area contributed by atoms with Crippen molar-refractivity contribution >= 4 is 0 Å². The summed E-state index contributed by atoms with van der Waals surface area (Å²) in [4.78, 5) is 5.62. The minimum absolute atomic E-state index is 0.343. The summed E-state index contributed by atoms with van der Waals surface area (Å²) in [7, 11) is 0. The van der Waals surface area contributed by atoms with Crippen molar-refractivity contribution in [3.8, 4) is 0 Å². The van der Waals surface area contributed by atoms with Crippen molar-refractivity contribution in [3.63, 3.8) is 0 Å². The van der Waals surface area contributed by atoms with Gasteiger partial charge in [0.1, 0.15) is 6.61 Å². The summed E-state index contributed by atoms with van der Waals surface area (Å²) in [6.07, 6.45) is 3.12. The standard InChI is InChI=1S/C11H17NO/c1-11(2,3)9-7-10-5-4-6-12(10)13-8-9/h4-6,9H,7-8H2,1-3H3. The largest absolute Gasteiger partial charge is 0.414 e. The summed E-state index contributed by atoms with van der Waals surface area (Å²) in [6, 6.07) is 4.18. The molecule has 0 N–H and O–H groups in total. The highest BCUT2D eigenvalue weighted by Gasteiger charge is 2.29. The number of aromatic nitrogens is 1. The lowest BCUT2D eigenvalue weighted by molar-refractivity contribution is 0.0109. The Morgan fingerprint density at radius 2 is 2.23 bits per heavy atom. The van der Waals surface area contributed by atoms with Gasteiger partial charge < -0.3 is 4.84 Å². The zero-order valence-electron chi connectivity index (χ0n) is 8.58. The number of hydrogen-bond acceptors (Lipinski definition) is 1. The van der Waals surface area contributed by atoms with Crippen molar-refractivity contribution in [1.82, 2.24) is 4.73 Å². The van der Waals surface area contributed by atoms with Crippen LogP contribution >= 0.6 is 0 Å². The highest BCUT2D eigenvalue weighted by Crippen LogP contribution is 2.30. The van der Waals surface area contributed by atoms with Gasteiger partial charge in [-0.05, 0) is 24.0 Å². The van der Waals surface area contributed by atoms with E-state index in [1.54, 1.807) is 0 Å². The van der Waals surface area contributed by atoms with Gasteiger partial charge in [0.05, 0.1) is 5.69 Å². The molecule has 0 saturated carbocycles. The van der Waals surface area contributed by atoms with E-state index in [1.165, 1.54) is 5.69 Å². The minimum Gasteiger partial charge on any atom is -0.414 e. The molecule has 1 unspecified atom stereocenters. The molecule has 0 bridgehead atoms. The fourth-order valence-corrected chi connectivity index (χ4v) is 1.72. The van der Waals surface area contributed by atoms with E-state index >= 15 is 0 Å². The number of rotatable bonds is 0. The zero-order valence-corrected chi connectivity index (χ0v) is 8.58. The van der Waals surface area contributed by atoms with E-state index in [9.17, 15) is 0 Å². The van der Waals surface area contributed by atoms with Crippen LogP contribution in [0, 0.1) is 11.3 Å². The fourth-order valence-electron chi connectivity index (χ4n) is 1.72. The van der Waals surface area contributed by atoms with Crippen molar-refractivity contribution in [1.29, 1.82) is 0 Å². The molecule has 1 aromatic rings. The second-order valence-corrected chi connectivity index (χ2v) is 4.89. The first-order chi connectivity index (χ1) is 6.07. The summed E-state index contributed by atoms with van der Waals surface area (Å²) in [5.74, 6) is 0.634. The lowest BCUT2D eigenvalue weighted by Crippen LogP contribution is -2.36. The van der Waals surface area contributed by atoms with E-state index < -0.39 is 0 Å². The molecule has 2 heteroatoms. The monoisotopic (exact) mass is 179 g/mol. The zero-order chi connectivity index (χ0) is 9.47. The molecule has 13 heavy (non-hydrogen) atoms. The summed E-state index contributed by atoms with van der Waals surface area (Å²) in [6.45, 7) is 7.67. The van der Waals surface area contributed by atoms with Crippen molar-refractivity contribution in [2.45, 2.75) is 27.2 Å². The molecule has 2 heterocycles. The lowest BCUT2D eigenvalue weighted by atomic mass is 9.78. The molecule has 0 spiro atoms. The Kier molecular flexibility index (Phi) is 1.86. The molecule has 0 amide bonds. The molecule has 0 aromatic carbocycles. The van der Waals surface area contributed by atoms with Crippen LogP contribution < -0.4 is 4.84 Å². The van der Waals surface area contributed by atoms with E-state index in [2.05, 4.69) is 26.8 Å². The second kappa shape index (κ2) is 2.79. The highest BCUT2D eigenvalue weighted by molar-refractivity contribution is 5.08. The predicted molar refractivity (Wildman–Crippen MR) is 52.5 cm³/mol. The van der Waals surface area contributed by atoms with Crippen LogP contribution in [0.25, 0.3) is 0 Å². The Morgan fingerprint density at radius 3 is 2.92 bits per heavy atom. The van der Waals surface area contributed by atoms with Gasteiger partial charge in [-0.2, -0.15) is 4.73 Å². The molecule has 1 aliphatic heterocycles. The van der Waals surface area contributed by atoms with E-state index in [0.29, 0.717) is 11.3 Å². The molecule has 0 radical (unpaired) electrons. The summed E-state index contributed by atoms with van der Waals surface area (Å²) in [5.41, 5.74) is 1.64. The smallest absolute Gasteiger partial charge is 0.118 e. The van der Waals surface area contributed by atoms with Crippen LogP contribution in [-0.2, 0) is 6.42 Å². The lowest BCUT2D eigenvalue weighted by Gasteiger charge is -2.34. The average Bonchev–Trinajstić information content (AvgIpc) is 2.47. The van der Waals surface area contributed by atoms with E-state index in [4.69, 9.17) is 4.84 Å². The Hall–Kier alpha value is -0.920. The van der Waals surface area contributed by atoms with Gasteiger partial charge in [0, 0.05) is 12.1 Å². The Bertz CT molecular complexity index is 295. The van der Waals surface area contributed by atoms with Gasteiger partial charge in [0.25, 0.3) is 0 Å². The van der Waals surface area contributed by atoms with Crippen molar-refractivity contribution in [2.75, 3.05) is 6.61 Å². The van der Waals surface area contributed by atoms with Crippen molar-refractivity contribution < 1.29 is 4.84 Å². The molecule has 1 aliphatic rings. The summed E-state index contributed by atoms with van der Waals surface area (Å²) in [5, 5.41) is 0. The molecular formula is C11H17NO.